The van der Waals surface area contributed by atoms with E-state index < -0.39 is 12.1 Å². The van der Waals surface area contributed by atoms with Crippen molar-refractivity contribution in [2.45, 2.75) is 13.1 Å². The highest BCUT2D eigenvalue weighted by Gasteiger charge is 2.11. The maximum atomic E-state index is 12.5. The molecule has 1 unspecified atom stereocenters. The standard InChI is InChI=1S/C9H9BrFNO/c1-6(11)9(13)12-8-5-3-2-4-7(8)10/h2-6H,1H3,(H,12,13). The molecule has 13 heavy (non-hydrogen) atoms. The van der Waals surface area contributed by atoms with Crippen molar-refractivity contribution < 1.29 is 9.18 Å². The quantitative estimate of drug-likeness (QED) is 0.854. The van der Waals surface area contributed by atoms with Gasteiger partial charge in [-0.25, -0.2) is 4.39 Å². The Hall–Kier alpha value is -0.900. The molecular formula is C9H9BrFNO. The van der Waals surface area contributed by atoms with Crippen LogP contribution in [-0.2, 0) is 4.79 Å². The number of amides is 1. The molecule has 0 aliphatic carbocycles. The van der Waals surface area contributed by atoms with Gasteiger partial charge in [0, 0.05) is 4.47 Å². The highest BCUT2D eigenvalue weighted by atomic mass is 79.9. The minimum absolute atomic E-state index is 0.581. The lowest BCUT2D eigenvalue weighted by atomic mass is 10.3. The normalized spacial score (nSPS) is 12.2. The Balaban J connectivity index is 2.75. The second-order valence-corrected chi connectivity index (χ2v) is 3.44. The average Bonchev–Trinajstić information content (AvgIpc) is 2.08. The molecule has 70 valence electrons. The molecule has 0 bridgehead atoms. The molecule has 1 amide bonds. The number of anilines is 1. The van der Waals surface area contributed by atoms with Gasteiger partial charge in [-0.2, -0.15) is 0 Å². The number of rotatable bonds is 2. The van der Waals surface area contributed by atoms with Crippen LogP contribution in [0.25, 0.3) is 0 Å². The Labute approximate surface area is 84.3 Å². The van der Waals surface area contributed by atoms with E-state index in [2.05, 4.69) is 21.2 Å². The second-order valence-electron chi connectivity index (χ2n) is 2.59. The van der Waals surface area contributed by atoms with Gasteiger partial charge in [0.1, 0.15) is 0 Å². The van der Waals surface area contributed by atoms with Crippen LogP contribution >= 0.6 is 15.9 Å². The Morgan fingerprint density at radius 1 is 1.54 bits per heavy atom. The first-order valence-electron chi connectivity index (χ1n) is 3.80. The largest absolute Gasteiger partial charge is 0.323 e. The topological polar surface area (TPSA) is 29.1 Å². The van der Waals surface area contributed by atoms with Gasteiger partial charge in [0.2, 0.25) is 0 Å². The van der Waals surface area contributed by atoms with E-state index in [4.69, 9.17) is 0 Å². The van der Waals surface area contributed by atoms with Gasteiger partial charge in [-0.1, -0.05) is 12.1 Å². The highest BCUT2D eigenvalue weighted by molar-refractivity contribution is 9.10. The smallest absolute Gasteiger partial charge is 0.258 e. The minimum atomic E-state index is -1.49. The van der Waals surface area contributed by atoms with Crippen molar-refractivity contribution in [3.63, 3.8) is 0 Å². The number of para-hydroxylation sites is 1. The van der Waals surface area contributed by atoms with Crippen LogP contribution in [0, 0.1) is 0 Å². The number of alkyl halides is 1. The molecule has 0 saturated heterocycles. The summed E-state index contributed by atoms with van der Waals surface area (Å²) in [6.45, 7) is 1.20. The summed E-state index contributed by atoms with van der Waals surface area (Å²) in [6.07, 6.45) is -1.49. The summed E-state index contributed by atoms with van der Waals surface area (Å²) in [5.74, 6) is -0.632. The van der Waals surface area contributed by atoms with E-state index >= 15 is 0 Å². The van der Waals surface area contributed by atoms with E-state index in [9.17, 15) is 9.18 Å². The minimum Gasteiger partial charge on any atom is -0.323 e. The van der Waals surface area contributed by atoms with Crippen molar-refractivity contribution in [2.24, 2.45) is 0 Å². The molecule has 1 aromatic rings. The molecule has 1 aromatic carbocycles. The molecule has 0 aliphatic rings. The number of hydrogen-bond donors (Lipinski definition) is 1. The van der Waals surface area contributed by atoms with Gasteiger partial charge in [-0.15, -0.1) is 0 Å². The predicted molar refractivity (Wildman–Crippen MR) is 53.3 cm³/mol. The third-order valence-electron chi connectivity index (χ3n) is 1.49. The zero-order valence-electron chi connectivity index (χ0n) is 7.05. The summed E-state index contributed by atoms with van der Waals surface area (Å²) in [7, 11) is 0. The molecule has 0 heterocycles. The molecule has 0 aliphatic heterocycles. The Bertz CT molecular complexity index is 314. The number of hydrogen-bond acceptors (Lipinski definition) is 1. The lowest BCUT2D eigenvalue weighted by Crippen LogP contribution is -2.21. The predicted octanol–water partition coefficient (Wildman–Crippen LogP) is 2.75. The van der Waals surface area contributed by atoms with Crippen LogP contribution in [-0.4, -0.2) is 12.1 Å². The van der Waals surface area contributed by atoms with Crippen LogP contribution in [0.5, 0.6) is 0 Å². The summed E-state index contributed by atoms with van der Waals surface area (Å²) in [6, 6.07) is 7.06. The first-order valence-corrected chi connectivity index (χ1v) is 4.60. The van der Waals surface area contributed by atoms with E-state index in [0.717, 1.165) is 4.47 Å². The zero-order chi connectivity index (χ0) is 9.84. The number of carbonyl (C=O) groups excluding carboxylic acids is 1. The van der Waals surface area contributed by atoms with Gasteiger partial charge in [-0.05, 0) is 35.0 Å². The van der Waals surface area contributed by atoms with Gasteiger partial charge in [0.15, 0.2) is 6.17 Å². The van der Waals surface area contributed by atoms with Crippen LogP contribution in [0.3, 0.4) is 0 Å². The van der Waals surface area contributed by atoms with E-state index in [0.29, 0.717) is 5.69 Å². The maximum absolute atomic E-state index is 12.5. The number of carbonyl (C=O) groups is 1. The Kier molecular flexibility index (Phi) is 3.42. The summed E-state index contributed by atoms with van der Waals surface area (Å²) in [4.78, 5) is 11.0. The molecule has 1 atom stereocenters. The number of nitrogens with one attached hydrogen (secondary N) is 1. The van der Waals surface area contributed by atoms with Crippen LogP contribution in [0.1, 0.15) is 6.92 Å². The second kappa shape index (κ2) is 4.37. The first kappa shape index (κ1) is 10.2. The van der Waals surface area contributed by atoms with E-state index in [1.54, 1.807) is 18.2 Å². The molecule has 0 fully saturated rings. The van der Waals surface area contributed by atoms with Gasteiger partial charge in [0.25, 0.3) is 5.91 Å². The van der Waals surface area contributed by atoms with Crippen LogP contribution in [0.4, 0.5) is 10.1 Å². The first-order chi connectivity index (χ1) is 6.11. The molecular weight excluding hydrogens is 237 g/mol. The van der Waals surface area contributed by atoms with Gasteiger partial charge in [-0.3, -0.25) is 4.79 Å². The lowest BCUT2D eigenvalue weighted by Gasteiger charge is -2.06. The maximum Gasteiger partial charge on any atom is 0.258 e. The number of halogens is 2. The molecule has 1 rings (SSSR count). The molecule has 0 radical (unpaired) electrons. The van der Waals surface area contributed by atoms with Gasteiger partial charge in [0.05, 0.1) is 5.69 Å². The summed E-state index contributed by atoms with van der Waals surface area (Å²) in [5, 5.41) is 2.45. The lowest BCUT2D eigenvalue weighted by molar-refractivity contribution is -0.120. The Morgan fingerprint density at radius 2 is 2.15 bits per heavy atom. The third kappa shape index (κ3) is 2.81. The fraction of sp³-hybridized carbons (Fsp3) is 0.222. The molecule has 4 heteroatoms. The van der Waals surface area contributed by atoms with Crippen LogP contribution in [0.15, 0.2) is 28.7 Å². The fourth-order valence-electron chi connectivity index (χ4n) is 0.795. The number of benzene rings is 1. The van der Waals surface area contributed by atoms with Crippen molar-refractivity contribution in [1.29, 1.82) is 0 Å². The molecule has 1 N–H and O–H groups in total. The molecule has 0 saturated carbocycles. The van der Waals surface area contributed by atoms with Crippen molar-refractivity contribution >= 4 is 27.5 Å². The fourth-order valence-corrected chi connectivity index (χ4v) is 1.18. The van der Waals surface area contributed by atoms with E-state index in [1.807, 2.05) is 6.07 Å². The van der Waals surface area contributed by atoms with Crippen molar-refractivity contribution in [3.05, 3.63) is 28.7 Å². The van der Waals surface area contributed by atoms with Crippen LogP contribution in [0.2, 0.25) is 0 Å². The third-order valence-corrected chi connectivity index (χ3v) is 2.18. The molecule has 0 aromatic heterocycles. The van der Waals surface area contributed by atoms with Crippen molar-refractivity contribution in [3.8, 4) is 0 Å². The van der Waals surface area contributed by atoms with Gasteiger partial charge >= 0.3 is 0 Å². The van der Waals surface area contributed by atoms with Crippen LogP contribution < -0.4 is 5.32 Å². The summed E-state index contributed by atoms with van der Waals surface area (Å²) < 4.78 is 13.2. The average molecular weight is 246 g/mol. The van der Waals surface area contributed by atoms with Gasteiger partial charge < -0.3 is 5.32 Å². The Morgan fingerprint density at radius 3 is 2.69 bits per heavy atom. The molecule has 2 nitrogen and oxygen atoms in total. The zero-order valence-corrected chi connectivity index (χ0v) is 8.64. The van der Waals surface area contributed by atoms with Crippen molar-refractivity contribution in [2.75, 3.05) is 5.32 Å². The van der Waals surface area contributed by atoms with Crippen molar-refractivity contribution in [1.82, 2.24) is 0 Å². The molecule has 0 spiro atoms. The summed E-state index contributed by atoms with van der Waals surface area (Å²) in [5.41, 5.74) is 0.581. The monoisotopic (exact) mass is 245 g/mol. The van der Waals surface area contributed by atoms with E-state index in [-0.39, 0.29) is 0 Å². The SMILES string of the molecule is CC(F)C(=O)Nc1ccccc1Br. The van der Waals surface area contributed by atoms with E-state index in [1.165, 1.54) is 6.92 Å². The highest BCUT2D eigenvalue weighted by Crippen LogP contribution is 2.21. The summed E-state index contributed by atoms with van der Waals surface area (Å²) >= 11 is 3.24.